The van der Waals surface area contributed by atoms with Crippen LogP contribution in [-0.2, 0) is 0 Å². The van der Waals surface area contributed by atoms with Crippen molar-refractivity contribution in [2.45, 2.75) is 26.7 Å². The fourth-order valence-corrected chi connectivity index (χ4v) is 2.77. The van der Waals surface area contributed by atoms with E-state index in [1.165, 1.54) is 0 Å². The molecule has 0 saturated carbocycles. The summed E-state index contributed by atoms with van der Waals surface area (Å²) in [6.07, 6.45) is 2.30. The second kappa shape index (κ2) is 6.70. The molecule has 1 fully saturated rings. The first-order chi connectivity index (χ1) is 9.60. The Morgan fingerprint density at radius 2 is 2.05 bits per heavy atom. The van der Waals surface area contributed by atoms with Gasteiger partial charge in [-0.1, -0.05) is 6.92 Å². The smallest absolute Gasteiger partial charge is 0.271 e. The van der Waals surface area contributed by atoms with Gasteiger partial charge in [0, 0.05) is 30.9 Å². The molecule has 0 atom stereocenters. The summed E-state index contributed by atoms with van der Waals surface area (Å²) in [5.74, 6) is 0.728. The summed E-state index contributed by atoms with van der Waals surface area (Å²) in [7, 11) is 0. The van der Waals surface area contributed by atoms with Crippen molar-refractivity contribution >= 4 is 11.4 Å². The highest BCUT2D eigenvalue weighted by molar-refractivity contribution is 5.55. The van der Waals surface area contributed by atoms with E-state index in [4.69, 9.17) is 0 Å². The number of piperidine rings is 1. The molecule has 1 aliphatic heterocycles. The Bertz CT molecular complexity index is 468. The van der Waals surface area contributed by atoms with E-state index in [-0.39, 0.29) is 10.6 Å². The summed E-state index contributed by atoms with van der Waals surface area (Å²) in [5.41, 5.74) is 2.12. The Hall–Kier alpha value is -1.62. The molecule has 1 heterocycles. The van der Waals surface area contributed by atoms with Crippen LogP contribution < -0.4 is 10.2 Å². The Morgan fingerprint density at radius 1 is 1.35 bits per heavy atom. The number of non-ortho nitro benzene ring substituents is 1. The van der Waals surface area contributed by atoms with E-state index in [1.807, 2.05) is 13.0 Å². The lowest BCUT2D eigenvalue weighted by atomic mass is 9.96. The lowest BCUT2D eigenvalue weighted by Crippen LogP contribution is -2.37. The van der Waals surface area contributed by atoms with E-state index in [0.717, 1.165) is 56.2 Å². The third kappa shape index (κ3) is 3.70. The number of nitro benzene ring substituents is 1. The molecule has 0 radical (unpaired) electrons. The van der Waals surface area contributed by atoms with E-state index in [2.05, 4.69) is 17.1 Å². The maximum absolute atomic E-state index is 10.9. The number of aryl methyl sites for hydroxylation is 1. The van der Waals surface area contributed by atoms with E-state index in [9.17, 15) is 10.1 Å². The van der Waals surface area contributed by atoms with Gasteiger partial charge >= 0.3 is 0 Å². The van der Waals surface area contributed by atoms with Gasteiger partial charge in [-0.05, 0) is 50.4 Å². The second-order valence-corrected chi connectivity index (χ2v) is 5.52. The zero-order chi connectivity index (χ0) is 14.5. The maximum Gasteiger partial charge on any atom is 0.271 e. The van der Waals surface area contributed by atoms with Crippen molar-refractivity contribution in [3.63, 3.8) is 0 Å². The molecule has 0 unspecified atom stereocenters. The molecule has 1 aromatic carbocycles. The molecule has 1 aliphatic rings. The topological polar surface area (TPSA) is 58.4 Å². The molecule has 1 aromatic rings. The first-order valence-electron chi connectivity index (χ1n) is 7.32. The minimum absolute atomic E-state index is 0.190. The summed E-state index contributed by atoms with van der Waals surface area (Å²) in [5, 5.41) is 14.3. The Balaban J connectivity index is 2.01. The lowest BCUT2D eigenvalue weighted by Gasteiger charge is -2.33. The van der Waals surface area contributed by atoms with Crippen LogP contribution >= 0.6 is 0 Å². The van der Waals surface area contributed by atoms with Crippen LogP contribution in [0.2, 0.25) is 0 Å². The molecule has 0 bridgehead atoms. The van der Waals surface area contributed by atoms with Crippen molar-refractivity contribution in [1.29, 1.82) is 0 Å². The summed E-state index contributed by atoms with van der Waals surface area (Å²) >= 11 is 0. The maximum atomic E-state index is 10.9. The number of nitro groups is 1. The summed E-state index contributed by atoms with van der Waals surface area (Å²) in [4.78, 5) is 12.9. The SMILES string of the molecule is CCNCC1CCN(c2cc(C)cc([N+](=O)[O-])c2)CC1. The minimum atomic E-state index is -0.311. The number of hydrogen-bond acceptors (Lipinski definition) is 4. The van der Waals surface area contributed by atoms with Gasteiger partial charge in [0.2, 0.25) is 0 Å². The summed E-state index contributed by atoms with van der Waals surface area (Å²) in [6, 6.07) is 5.36. The normalized spacial score (nSPS) is 16.4. The predicted octanol–water partition coefficient (Wildman–Crippen LogP) is 2.73. The third-order valence-corrected chi connectivity index (χ3v) is 3.92. The van der Waals surface area contributed by atoms with Crippen LogP contribution in [0.25, 0.3) is 0 Å². The molecule has 1 N–H and O–H groups in total. The Morgan fingerprint density at radius 3 is 2.65 bits per heavy atom. The Labute approximate surface area is 120 Å². The van der Waals surface area contributed by atoms with Crippen LogP contribution in [0.1, 0.15) is 25.3 Å². The van der Waals surface area contributed by atoms with Crippen LogP contribution in [0.4, 0.5) is 11.4 Å². The van der Waals surface area contributed by atoms with Crippen LogP contribution in [0.15, 0.2) is 18.2 Å². The van der Waals surface area contributed by atoms with Crippen molar-refractivity contribution in [1.82, 2.24) is 5.32 Å². The first kappa shape index (κ1) is 14.8. The average molecular weight is 277 g/mol. The average Bonchev–Trinajstić information content (AvgIpc) is 2.45. The van der Waals surface area contributed by atoms with Gasteiger partial charge in [-0.15, -0.1) is 0 Å². The Kier molecular flexibility index (Phi) is 4.95. The summed E-state index contributed by atoms with van der Waals surface area (Å²) in [6.45, 7) is 8.10. The molecule has 1 saturated heterocycles. The molecule has 110 valence electrons. The van der Waals surface area contributed by atoms with Crippen molar-refractivity contribution in [2.24, 2.45) is 5.92 Å². The fourth-order valence-electron chi connectivity index (χ4n) is 2.77. The van der Waals surface area contributed by atoms with E-state index < -0.39 is 0 Å². The largest absolute Gasteiger partial charge is 0.371 e. The first-order valence-corrected chi connectivity index (χ1v) is 7.32. The predicted molar refractivity (Wildman–Crippen MR) is 81.3 cm³/mol. The van der Waals surface area contributed by atoms with Crippen molar-refractivity contribution in [3.05, 3.63) is 33.9 Å². The third-order valence-electron chi connectivity index (χ3n) is 3.92. The van der Waals surface area contributed by atoms with Gasteiger partial charge in [-0.3, -0.25) is 10.1 Å². The molecule has 0 aliphatic carbocycles. The van der Waals surface area contributed by atoms with Gasteiger partial charge in [-0.2, -0.15) is 0 Å². The molecular weight excluding hydrogens is 254 g/mol. The highest BCUT2D eigenvalue weighted by Gasteiger charge is 2.20. The van der Waals surface area contributed by atoms with Crippen molar-refractivity contribution < 1.29 is 4.92 Å². The standard InChI is InChI=1S/C15H23N3O2/c1-3-16-11-13-4-6-17(7-5-13)14-8-12(2)9-15(10-14)18(19)20/h8-10,13,16H,3-7,11H2,1-2H3. The summed E-state index contributed by atoms with van der Waals surface area (Å²) < 4.78 is 0. The van der Waals surface area contributed by atoms with Crippen molar-refractivity contribution in [3.8, 4) is 0 Å². The van der Waals surface area contributed by atoms with Gasteiger partial charge in [0.15, 0.2) is 0 Å². The number of anilines is 1. The van der Waals surface area contributed by atoms with Gasteiger partial charge in [0.05, 0.1) is 4.92 Å². The molecule has 0 spiro atoms. The lowest BCUT2D eigenvalue weighted by molar-refractivity contribution is -0.384. The number of nitrogens with zero attached hydrogens (tertiary/aromatic N) is 2. The van der Waals surface area contributed by atoms with Crippen molar-refractivity contribution in [2.75, 3.05) is 31.1 Å². The molecule has 5 nitrogen and oxygen atoms in total. The minimum Gasteiger partial charge on any atom is -0.371 e. The molecule has 0 amide bonds. The van der Waals surface area contributed by atoms with E-state index in [0.29, 0.717) is 0 Å². The van der Waals surface area contributed by atoms with Gasteiger partial charge in [0.25, 0.3) is 5.69 Å². The number of nitrogens with one attached hydrogen (secondary N) is 1. The van der Waals surface area contributed by atoms with E-state index >= 15 is 0 Å². The molecule has 5 heteroatoms. The van der Waals surface area contributed by atoms with Gasteiger partial charge in [-0.25, -0.2) is 0 Å². The monoisotopic (exact) mass is 277 g/mol. The van der Waals surface area contributed by atoms with Gasteiger partial charge in [0.1, 0.15) is 0 Å². The zero-order valence-corrected chi connectivity index (χ0v) is 12.3. The quantitative estimate of drug-likeness (QED) is 0.664. The van der Waals surface area contributed by atoms with Gasteiger partial charge < -0.3 is 10.2 Å². The van der Waals surface area contributed by atoms with Crippen LogP contribution in [0, 0.1) is 23.0 Å². The molecule has 0 aromatic heterocycles. The second-order valence-electron chi connectivity index (χ2n) is 5.52. The van der Waals surface area contributed by atoms with Crippen LogP contribution in [0.3, 0.4) is 0 Å². The molecular formula is C15H23N3O2. The molecule has 20 heavy (non-hydrogen) atoms. The van der Waals surface area contributed by atoms with E-state index in [1.54, 1.807) is 12.1 Å². The fraction of sp³-hybridized carbons (Fsp3) is 0.600. The highest BCUT2D eigenvalue weighted by Crippen LogP contribution is 2.27. The van der Waals surface area contributed by atoms with Crippen LogP contribution in [0.5, 0.6) is 0 Å². The number of benzene rings is 1. The molecule has 2 rings (SSSR count). The number of rotatable bonds is 5. The highest BCUT2D eigenvalue weighted by atomic mass is 16.6. The zero-order valence-electron chi connectivity index (χ0n) is 12.3. The van der Waals surface area contributed by atoms with Crippen LogP contribution in [-0.4, -0.2) is 31.1 Å². The number of hydrogen-bond donors (Lipinski definition) is 1.